The summed E-state index contributed by atoms with van der Waals surface area (Å²) in [6, 6.07) is 24.4. The van der Waals surface area contributed by atoms with Gasteiger partial charge < -0.3 is 9.72 Å². The first-order chi connectivity index (χ1) is 20.0. The molecule has 1 fully saturated rings. The number of fused-ring (bicyclic) bond motifs is 1. The Bertz CT molecular complexity index is 1690. The van der Waals surface area contributed by atoms with Crippen LogP contribution < -0.4 is 10.3 Å². The first-order valence-corrected chi connectivity index (χ1v) is 14.3. The van der Waals surface area contributed by atoms with Crippen molar-refractivity contribution < 1.29 is 4.74 Å². The van der Waals surface area contributed by atoms with Crippen molar-refractivity contribution in [1.29, 1.82) is 0 Å². The van der Waals surface area contributed by atoms with Crippen LogP contribution in [0.15, 0.2) is 77.6 Å². The van der Waals surface area contributed by atoms with Crippen LogP contribution in [0.25, 0.3) is 10.9 Å². The molecular formula is C33H36N6O2. The monoisotopic (exact) mass is 548 g/mol. The number of tetrazole rings is 1. The number of hydrogen-bond donors (Lipinski definition) is 1. The summed E-state index contributed by atoms with van der Waals surface area (Å²) in [5, 5.41) is 14.3. The number of aromatic amines is 1. The fraction of sp³-hybridized carbons (Fsp3) is 0.333. The lowest BCUT2D eigenvalue weighted by Gasteiger charge is -2.32. The molecule has 8 heteroatoms. The number of aromatic nitrogens is 5. The molecule has 2 aromatic heterocycles. The molecule has 3 aromatic carbocycles. The standard InChI is InChI=1S/C33H36N6O2/c1-22-13-14-23(2)30-28(22)19-29(33(40)34-30)31(32-35-36-37-39(32)26-11-7-8-12-26)38(20-24-9-5-4-6-10-24)21-25-15-17-27(41-3)18-16-25/h4-6,9-10,13-19,26,31H,7-8,11-12,20-21H2,1-3H3,(H,34,40)/t31-/m0/s1. The number of rotatable bonds is 9. The van der Waals surface area contributed by atoms with Crippen LogP contribution in [0, 0.1) is 13.8 Å². The van der Waals surface area contributed by atoms with Crippen LogP contribution in [0.4, 0.5) is 0 Å². The number of ether oxygens (including phenoxy) is 1. The Balaban J connectivity index is 1.55. The van der Waals surface area contributed by atoms with Crippen LogP contribution in [0.5, 0.6) is 5.75 Å². The molecule has 1 atom stereocenters. The zero-order valence-corrected chi connectivity index (χ0v) is 23.9. The minimum Gasteiger partial charge on any atom is -0.497 e. The quantitative estimate of drug-likeness (QED) is 0.241. The number of H-pyrrole nitrogens is 1. The number of hydrogen-bond acceptors (Lipinski definition) is 6. The van der Waals surface area contributed by atoms with Crippen molar-refractivity contribution >= 4 is 10.9 Å². The number of aryl methyl sites for hydroxylation is 2. The van der Waals surface area contributed by atoms with Gasteiger partial charge in [0, 0.05) is 24.0 Å². The van der Waals surface area contributed by atoms with Crippen molar-refractivity contribution in [3.05, 3.63) is 117 Å². The van der Waals surface area contributed by atoms with Crippen molar-refractivity contribution in [2.24, 2.45) is 0 Å². The van der Waals surface area contributed by atoms with E-state index in [0.29, 0.717) is 24.5 Å². The lowest BCUT2D eigenvalue weighted by Crippen LogP contribution is -2.35. The molecule has 1 aliphatic carbocycles. The SMILES string of the molecule is COc1ccc(CN(Cc2ccccc2)[C@@H](c2cc3c(C)ccc(C)c3[nH]c2=O)c2nnnn2C2CCCC2)cc1. The van der Waals surface area contributed by atoms with E-state index in [2.05, 4.69) is 74.8 Å². The van der Waals surface area contributed by atoms with Gasteiger partial charge in [-0.1, -0.05) is 67.4 Å². The molecule has 6 rings (SSSR count). The third kappa shape index (κ3) is 5.52. The summed E-state index contributed by atoms with van der Waals surface area (Å²) >= 11 is 0. The highest BCUT2D eigenvalue weighted by Gasteiger charge is 2.33. The van der Waals surface area contributed by atoms with Crippen LogP contribution in [-0.2, 0) is 13.1 Å². The molecule has 2 heterocycles. The molecule has 0 aliphatic heterocycles. The third-order valence-corrected chi connectivity index (χ3v) is 8.34. The lowest BCUT2D eigenvalue weighted by atomic mass is 9.98. The Hall–Kier alpha value is -4.30. The number of benzene rings is 3. The van der Waals surface area contributed by atoms with Gasteiger partial charge in [-0.2, -0.15) is 0 Å². The highest BCUT2D eigenvalue weighted by molar-refractivity contribution is 5.85. The third-order valence-electron chi connectivity index (χ3n) is 8.34. The summed E-state index contributed by atoms with van der Waals surface area (Å²) in [6.45, 7) is 5.31. The minimum atomic E-state index is -0.471. The van der Waals surface area contributed by atoms with Crippen LogP contribution in [0.2, 0.25) is 0 Å². The Morgan fingerprint density at radius 1 is 0.951 bits per heavy atom. The minimum absolute atomic E-state index is 0.120. The van der Waals surface area contributed by atoms with E-state index in [4.69, 9.17) is 4.74 Å². The van der Waals surface area contributed by atoms with Gasteiger partial charge in [-0.3, -0.25) is 9.69 Å². The van der Waals surface area contributed by atoms with Gasteiger partial charge in [-0.25, -0.2) is 4.68 Å². The summed E-state index contributed by atoms with van der Waals surface area (Å²) in [5.74, 6) is 1.51. The van der Waals surface area contributed by atoms with Gasteiger partial charge in [0.05, 0.1) is 18.7 Å². The van der Waals surface area contributed by atoms with E-state index in [-0.39, 0.29) is 11.6 Å². The Labute approximate surface area is 240 Å². The van der Waals surface area contributed by atoms with Gasteiger partial charge in [-0.15, -0.1) is 5.10 Å². The van der Waals surface area contributed by atoms with Gasteiger partial charge in [0.2, 0.25) is 0 Å². The molecule has 0 bridgehead atoms. The molecule has 41 heavy (non-hydrogen) atoms. The van der Waals surface area contributed by atoms with Gasteiger partial charge in [-0.05, 0) is 77.6 Å². The largest absolute Gasteiger partial charge is 0.497 e. The highest BCUT2D eigenvalue weighted by atomic mass is 16.5. The van der Waals surface area contributed by atoms with Crippen molar-refractivity contribution in [2.45, 2.75) is 64.7 Å². The molecule has 0 amide bonds. The summed E-state index contributed by atoms with van der Waals surface area (Å²) in [6.07, 6.45) is 4.38. The summed E-state index contributed by atoms with van der Waals surface area (Å²) in [7, 11) is 1.67. The molecular weight excluding hydrogens is 512 g/mol. The van der Waals surface area contributed by atoms with E-state index >= 15 is 0 Å². The van der Waals surface area contributed by atoms with Gasteiger partial charge in [0.15, 0.2) is 5.82 Å². The summed E-state index contributed by atoms with van der Waals surface area (Å²) in [4.78, 5) is 19.5. The van der Waals surface area contributed by atoms with Crippen LogP contribution in [0.3, 0.4) is 0 Å². The van der Waals surface area contributed by atoms with Gasteiger partial charge >= 0.3 is 0 Å². The lowest BCUT2D eigenvalue weighted by molar-refractivity contribution is 0.190. The number of methoxy groups -OCH3 is 1. The van der Waals surface area contributed by atoms with Crippen LogP contribution in [0.1, 0.15) is 71.4 Å². The van der Waals surface area contributed by atoms with Gasteiger partial charge in [0.25, 0.3) is 5.56 Å². The maximum atomic E-state index is 14.0. The normalized spacial score (nSPS) is 14.6. The van der Waals surface area contributed by atoms with Crippen LogP contribution >= 0.6 is 0 Å². The second kappa shape index (κ2) is 11.7. The van der Waals surface area contributed by atoms with E-state index in [0.717, 1.165) is 64.6 Å². The number of nitrogens with zero attached hydrogens (tertiary/aromatic N) is 5. The first-order valence-electron chi connectivity index (χ1n) is 14.3. The molecule has 0 radical (unpaired) electrons. The average molecular weight is 549 g/mol. The number of nitrogens with one attached hydrogen (secondary N) is 1. The predicted molar refractivity (Wildman–Crippen MR) is 160 cm³/mol. The van der Waals surface area contributed by atoms with E-state index in [1.54, 1.807) is 7.11 Å². The van der Waals surface area contributed by atoms with E-state index < -0.39 is 6.04 Å². The highest BCUT2D eigenvalue weighted by Crippen LogP contribution is 2.35. The van der Waals surface area contributed by atoms with Crippen molar-refractivity contribution in [3.63, 3.8) is 0 Å². The van der Waals surface area contributed by atoms with E-state index in [9.17, 15) is 4.79 Å². The molecule has 1 saturated carbocycles. The zero-order chi connectivity index (χ0) is 28.3. The van der Waals surface area contributed by atoms with Crippen molar-refractivity contribution in [1.82, 2.24) is 30.1 Å². The maximum absolute atomic E-state index is 14.0. The predicted octanol–water partition coefficient (Wildman–Crippen LogP) is 6.05. The number of pyridine rings is 1. The molecule has 0 spiro atoms. The molecule has 1 N–H and O–H groups in total. The second-order valence-electron chi connectivity index (χ2n) is 11.1. The fourth-order valence-corrected chi connectivity index (χ4v) is 6.10. The molecule has 8 nitrogen and oxygen atoms in total. The van der Waals surface area contributed by atoms with Crippen LogP contribution in [-0.4, -0.2) is 37.2 Å². The van der Waals surface area contributed by atoms with Crippen molar-refractivity contribution in [2.75, 3.05) is 7.11 Å². The molecule has 5 aromatic rings. The molecule has 1 aliphatic rings. The Morgan fingerprint density at radius 2 is 1.63 bits per heavy atom. The first kappa shape index (κ1) is 26.9. The topological polar surface area (TPSA) is 88.9 Å². The summed E-state index contributed by atoms with van der Waals surface area (Å²) < 4.78 is 7.39. The van der Waals surface area contributed by atoms with Gasteiger partial charge in [0.1, 0.15) is 11.8 Å². The van der Waals surface area contributed by atoms with E-state index in [1.807, 2.05) is 41.9 Å². The smallest absolute Gasteiger partial charge is 0.253 e. The zero-order valence-electron chi connectivity index (χ0n) is 23.9. The molecule has 0 saturated heterocycles. The Kier molecular flexibility index (Phi) is 7.65. The average Bonchev–Trinajstić information content (AvgIpc) is 3.69. The maximum Gasteiger partial charge on any atom is 0.253 e. The van der Waals surface area contributed by atoms with E-state index in [1.165, 1.54) is 0 Å². The molecule has 210 valence electrons. The van der Waals surface area contributed by atoms with Crippen molar-refractivity contribution in [3.8, 4) is 5.75 Å². The molecule has 0 unspecified atom stereocenters. The second-order valence-corrected chi connectivity index (χ2v) is 11.1. The Morgan fingerprint density at radius 3 is 2.34 bits per heavy atom. The summed E-state index contributed by atoms with van der Waals surface area (Å²) in [5.41, 5.74) is 5.81. The fourth-order valence-electron chi connectivity index (χ4n) is 6.10.